The van der Waals surface area contributed by atoms with Crippen LogP contribution < -0.4 is 10.1 Å². The van der Waals surface area contributed by atoms with Crippen LogP contribution in [0.5, 0.6) is 5.75 Å². The number of methoxy groups -OCH3 is 2. The molecule has 0 saturated carbocycles. The Morgan fingerprint density at radius 1 is 1.23 bits per heavy atom. The topological polar surface area (TPSA) is 62.2 Å². The number of likely N-dealkylation sites (N-methyl/N-ethyl adjacent to an activating group) is 1. The van der Waals surface area contributed by atoms with E-state index in [2.05, 4.69) is 47.6 Å². The SMILES string of the molecule is CCNC(=NCC(c1ccccc1OC)N(C)C)N(C)Cc1csc(C(C)OC)n1.I. The first-order chi connectivity index (χ1) is 14.4. The molecule has 0 fully saturated rings. The van der Waals surface area contributed by atoms with Crippen molar-refractivity contribution in [3.05, 3.63) is 45.9 Å². The second-order valence-electron chi connectivity index (χ2n) is 7.33. The molecule has 0 spiro atoms. The van der Waals surface area contributed by atoms with Crippen molar-refractivity contribution in [2.45, 2.75) is 32.5 Å². The Labute approximate surface area is 207 Å². The summed E-state index contributed by atoms with van der Waals surface area (Å²) in [5.41, 5.74) is 2.14. The maximum Gasteiger partial charge on any atom is 0.194 e. The number of halogens is 1. The van der Waals surface area contributed by atoms with Crippen LogP contribution in [0.25, 0.3) is 0 Å². The first-order valence-corrected chi connectivity index (χ1v) is 11.0. The third-order valence-electron chi connectivity index (χ3n) is 4.90. The van der Waals surface area contributed by atoms with Crippen molar-refractivity contribution < 1.29 is 9.47 Å². The van der Waals surface area contributed by atoms with Gasteiger partial charge < -0.3 is 24.6 Å². The average Bonchev–Trinajstić information content (AvgIpc) is 3.21. The first-order valence-electron chi connectivity index (χ1n) is 10.2. The van der Waals surface area contributed by atoms with E-state index in [4.69, 9.17) is 19.5 Å². The zero-order valence-corrected chi connectivity index (χ0v) is 22.7. The number of ether oxygens (including phenoxy) is 2. The predicted octanol–water partition coefficient (Wildman–Crippen LogP) is 4.18. The second-order valence-corrected chi connectivity index (χ2v) is 8.22. The molecule has 2 rings (SSSR count). The van der Waals surface area contributed by atoms with Gasteiger partial charge in [-0.3, -0.25) is 4.99 Å². The standard InChI is InChI=1S/C22H35N5O2S.HI/c1-8-23-22(27(5)14-17-15-30-21(25-17)16(2)28-6)24-13-19(26(3)4)18-11-9-10-12-20(18)29-7;/h9-12,15-16,19H,8,13-14H2,1-7H3,(H,23,24);1H. The third-order valence-corrected chi connectivity index (χ3v) is 5.96. The Hall–Kier alpha value is -1.43. The van der Waals surface area contributed by atoms with E-state index < -0.39 is 0 Å². The minimum Gasteiger partial charge on any atom is -0.496 e. The zero-order valence-electron chi connectivity index (χ0n) is 19.6. The number of guanidine groups is 1. The van der Waals surface area contributed by atoms with Crippen LogP contribution >= 0.6 is 35.3 Å². The van der Waals surface area contributed by atoms with Crippen molar-refractivity contribution in [3.63, 3.8) is 0 Å². The quantitative estimate of drug-likeness (QED) is 0.267. The molecule has 0 saturated heterocycles. The lowest BCUT2D eigenvalue weighted by Gasteiger charge is -2.26. The molecule has 9 heteroatoms. The summed E-state index contributed by atoms with van der Waals surface area (Å²) in [4.78, 5) is 13.9. The van der Waals surface area contributed by atoms with Gasteiger partial charge in [-0.2, -0.15) is 0 Å². The van der Waals surface area contributed by atoms with Crippen LogP contribution in [-0.2, 0) is 11.3 Å². The van der Waals surface area contributed by atoms with Crippen LogP contribution in [0.2, 0.25) is 0 Å². The fraction of sp³-hybridized carbons (Fsp3) is 0.545. The van der Waals surface area contributed by atoms with Crippen LogP contribution in [0, 0.1) is 0 Å². The Kier molecular flexibility index (Phi) is 12.3. The monoisotopic (exact) mass is 561 g/mol. The average molecular weight is 562 g/mol. The lowest BCUT2D eigenvalue weighted by atomic mass is 10.0. The van der Waals surface area contributed by atoms with Gasteiger partial charge in [0.15, 0.2) is 5.96 Å². The largest absolute Gasteiger partial charge is 0.496 e. The molecule has 0 aliphatic rings. The molecule has 2 atom stereocenters. The minimum absolute atomic E-state index is 0. The Morgan fingerprint density at radius 3 is 2.55 bits per heavy atom. The van der Waals surface area contributed by atoms with Gasteiger partial charge in [0.25, 0.3) is 0 Å². The predicted molar refractivity (Wildman–Crippen MR) is 140 cm³/mol. The van der Waals surface area contributed by atoms with Crippen molar-refractivity contribution in [3.8, 4) is 5.75 Å². The van der Waals surface area contributed by atoms with Gasteiger partial charge in [-0.25, -0.2) is 4.98 Å². The molecule has 1 aromatic heterocycles. The second kappa shape index (κ2) is 13.9. The molecule has 0 aliphatic heterocycles. The van der Waals surface area contributed by atoms with Crippen LogP contribution in [0.3, 0.4) is 0 Å². The number of aliphatic imine (C=N–C) groups is 1. The number of benzene rings is 1. The molecule has 0 bridgehead atoms. The zero-order chi connectivity index (χ0) is 22.1. The summed E-state index contributed by atoms with van der Waals surface area (Å²) >= 11 is 1.63. The number of hydrogen-bond acceptors (Lipinski definition) is 6. The van der Waals surface area contributed by atoms with Crippen molar-refractivity contribution in [2.24, 2.45) is 4.99 Å². The Balaban J connectivity index is 0.00000480. The first kappa shape index (κ1) is 27.6. The summed E-state index contributed by atoms with van der Waals surface area (Å²) in [6.07, 6.45) is 0.0117. The Bertz CT molecular complexity index is 815. The number of thiazole rings is 1. The third kappa shape index (κ3) is 7.89. The van der Waals surface area contributed by atoms with Gasteiger partial charge in [0.2, 0.25) is 0 Å². The van der Waals surface area contributed by atoms with E-state index in [1.807, 2.05) is 32.2 Å². The molecule has 31 heavy (non-hydrogen) atoms. The number of nitrogens with one attached hydrogen (secondary N) is 1. The number of rotatable bonds is 10. The van der Waals surface area contributed by atoms with Gasteiger partial charge in [0, 0.05) is 31.6 Å². The van der Waals surface area contributed by atoms with E-state index in [0.717, 1.165) is 34.5 Å². The Morgan fingerprint density at radius 2 is 1.94 bits per heavy atom. The molecule has 1 N–H and O–H groups in total. The fourth-order valence-electron chi connectivity index (χ4n) is 3.12. The summed E-state index contributed by atoms with van der Waals surface area (Å²) in [6.45, 7) is 6.18. The van der Waals surface area contributed by atoms with Gasteiger partial charge in [-0.1, -0.05) is 18.2 Å². The highest BCUT2D eigenvalue weighted by atomic mass is 127. The summed E-state index contributed by atoms with van der Waals surface area (Å²) in [7, 11) is 9.58. The van der Waals surface area contributed by atoms with E-state index in [9.17, 15) is 0 Å². The van der Waals surface area contributed by atoms with Gasteiger partial charge in [-0.05, 0) is 34.0 Å². The molecular weight excluding hydrogens is 525 g/mol. The molecule has 7 nitrogen and oxygen atoms in total. The van der Waals surface area contributed by atoms with Crippen molar-refractivity contribution in [2.75, 3.05) is 48.5 Å². The van der Waals surface area contributed by atoms with Gasteiger partial charge in [0.05, 0.1) is 31.9 Å². The fourth-order valence-corrected chi connectivity index (χ4v) is 3.97. The van der Waals surface area contributed by atoms with E-state index >= 15 is 0 Å². The normalized spacial score (nSPS) is 13.5. The van der Waals surface area contributed by atoms with E-state index in [1.54, 1.807) is 25.6 Å². The molecule has 0 amide bonds. The number of nitrogens with zero attached hydrogens (tertiary/aromatic N) is 4. The summed E-state index contributed by atoms with van der Waals surface area (Å²) in [5, 5.41) is 6.47. The van der Waals surface area contributed by atoms with Crippen LogP contribution in [-0.4, -0.2) is 69.2 Å². The van der Waals surface area contributed by atoms with Crippen molar-refractivity contribution >= 4 is 41.3 Å². The summed E-state index contributed by atoms with van der Waals surface area (Å²) in [5.74, 6) is 1.74. The molecule has 0 radical (unpaired) electrons. The number of para-hydroxylation sites is 1. The minimum atomic E-state index is 0. The lowest BCUT2D eigenvalue weighted by molar-refractivity contribution is 0.119. The van der Waals surface area contributed by atoms with E-state index in [-0.39, 0.29) is 36.1 Å². The molecule has 1 heterocycles. The molecule has 2 aromatic rings. The maximum absolute atomic E-state index is 5.57. The molecular formula is C22H36IN5O2S. The molecule has 2 unspecified atom stereocenters. The van der Waals surface area contributed by atoms with Crippen LogP contribution in [0.1, 0.15) is 42.3 Å². The highest BCUT2D eigenvalue weighted by Gasteiger charge is 2.19. The van der Waals surface area contributed by atoms with Crippen molar-refractivity contribution in [1.29, 1.82) is 0 Å². The molecule has 1 aromatic carbocycles. The molecule has 0 aliphatic carbocycles. The van der Waals surface area contributed by atoms with Crippen LogP contribution in [0.4, 0.5) is 0 Å². The van der Waals surface area contributed by atoms with E-state index in [0.29, 0.717) is 13.1 Å². The highest BCUT2D eigenvalue weighted by molar-refractivity contribution is 14.0. The lowest BCUT2D eigenvalue weighted by Crippen LogP contribution is -2.39. The van der Waals surface area contributed by atoms with E-state index in [1.165, 1.54) is 0 Å². The smallest absolute Gasteiger partial charge is 0.194 e. The number of hydrogen-bond donors (Lipinski definition) is 1. The highest BCUT2D eigenvalue weighted by Crippen LogP contribution is 2.28. The van der Waals surface area contributed by atoms with Crippen molar-refractivity contribution in [1.82, 2.24) is 20.1 Å². The maximum atomic E-state index is 5.57. The van der Waals surface area contributed by atoms with Gasteiger partial charge >= 0.3 is 0 Å². The van der Waals surface area contributed by atoms with Crippen LogP contribution in [0.15, 0.2) is 34.6 Å². The summed E-state index contributed by atoms with van der Waals surface area (Å²) < 4.78 is 10.9. The van der Waals surface area contributed by atoms with Gasteiger partial charge in [0.1, 0.15) is 16.9 Å². The summed E-state index contributed by atoms with van der Waals surface area (Å²) in [6, 6.07) is 8.23. The van der Waals surface area contributed by atoms with Gasteiger partial charge in [-0.15, -0.1) is 35.3 Å². The molecule has 174 valence electrons. The number of aromatic nitrogens is 1.